The van der Waals surface area contributed by atoms with Crippen LogP contribution in [-0.2, 0) is 4.74 Å². The van der Waals surface area contributed by atoms with Crippen molar-refractivity contribution in [2.24, 2.45) is 5.73 Å². The van der Waals surface area contributed by atoms with Gasteiger partial charge in [0.25, 0.3) is 0 Å². The van der Waals surface area contributed by atoms with Crippen LogP contribution >= 0.6 is 11.8 Å². The lowest BCUT2D eigenvalue weighted by molar-refractivity contribution is 0.127. The third-order valence-electron chi connectivity index (χ3n) is 3.63. The van der Waals surface area contributed by atoms with E-state index in [1.807, 2.05) is 11.8 Å². The van der Waals surface area contributed by atoms with Crippen molar-refractivity contribution in [3.63, 3.8) is 0 Å². The largest absolute Gasteiger partial charge is 0.377 e. The highest BCUT2D eigenvalue weighted by Gasteiger charge is 2.25. The summed E-state index contributed by atoms with van der Waals surface area (Å²) in [6.07, 6.45) is 1.53. The van der Waals surface area contributed by atoms with Gasteiger partial charge in [0.05, 0.1) is 6.10 Å². The zero-order chi connectivity index (χ0) is 13.1. The van der Waals surface area contributed by atoms with Crippen molar-refractivity contribution in [3.8, 4) is 0 Å². The minimum Gasteiger partial charge on any atom is -0.377 e. The molecule has 2 N–H and O–H groups in total. The Morgan fingerprint density at radius 1 is 1.44 bits per heavy atom. The van der Waals surface area contributed by atoms with Gasteiger partial charge < -0.3 is 10.5 Å². The third-order valence-corrected chi connectivity index (χ3v) is 5.23. The standard InChI is InChI=1S/C15H23NOS/c1-10-4-5-11(2)13(8-10)14(16)9-18-15-6-7-17-12(15)3/h4-5,8,12,14-15H,6-7,9,16H2,1-3H3. The molecule has 1 saturated heterocycles. The Balaban J connectivity index is 1.94. The highest BCUT2D eigenvalue weighted by atomic mass is 32.2. The number of rotatable bonds is 4. The van der Waals surface area contributed by atoms with Gasteiger partial charge in [-0.15, -0.1) is 0 Å². The predicted molar refractivity (Wildman–Crippen MR) is 79.1 cm³/mol. The van der Waals surface area contributed by atoms with E-state index in [-0.39, 0.29) is 6.04 Å². The summed E-state index contributed by atoms with van der Waals surface area (Å²) in [6, 6.07) is 6.65. The zero-order valence-corrected chi connectivity index (χ0v) is 12.3. The van der Waals surface area contributed by atoms with Gasteiger partial charge in [0.1, 0.15) is 0 Å². The first-order chi connectivity index (χ1) is 8.58. The number of benzene rings is 1. The normalized spacial score (nSPS) is 25.3. The van der Waals surface area contributed by atoms with Crippen LogP contribution in [0.2, 0.25) is 0 Å². The van der Waals surface area contributed by atoms with E-state index in [1.165, 1.54) is 16.7 Å². The fourth-order valence-electron chi connectivity index (χ4n) is 2.41. The second-order valence-electron chi connectivity index (χ2n) is 5.20. The van der Waals surface area contributed by atoms with E-state index in [0.717, 1.165) is 18.8 Å². The van der Waals surface area contributed by atoms with E-state index in [9.17, 15) is 0 Å². The van der Waals surface area contributed by atoms with Gasteiger partial charge in [0.15, 0.2) is 0 Å². The van der Waals surface area contributed by atoms with Crippen LogP contribution in [0, 0.1) is 13.8 Å². The molecule has 18 heavy (non-hydrogen) atoms. The molecule has 1 aliphatic heterocycles. The van der Waals surface area contributed by atoms with Crippen LogP contribution in [0.15, 0.2) is 18.2 Å². The smallest absolute Gasteiger partial charge is 0.0666 e. The maximum Gasteiger partial charge on any atom is 0.0666 e. The van der Waals surface area contributed by atoms with Gasteiger partial charge in [-0.3, -0.25) is 0 Å². The molecule has 0 aromatic heterocycles. The molecule has 1 heterocycles. The van der Waals surface area contributed by atoms with Crippen molar-refractivity contribution < 1.29 is 4.74 Å². The maximum atomic E-state index is 6.33. The fraction of sp³-hybridized carbons (Fsp3) is 0.600. The Morgan fingerprint density at radius 3 is 2.89 bits per heavy atom. The molecule has 0 saturated carbocycles. The Labute approximate surface area is 114 Å². The second-order valence-corrected chi connectivity index (χ2v) is 6.48. The van der Waals surface area contributed by atoms with Crippen LogP contribution in [0.25, 0.3) is 0 Å². The summed E-state index contributed by atoms with van der Waals surface area (Å²) in [4.78, 5) is 0. The molecule has 0 radical (unpaired) electrons. The average molecular weight is 265 g/mol. The SMILES string of the molecule is Cc1ccc(C)c(C(N)CSC2CCOC2C)c1. The van der Waals surface area contributed by atoms with Crippen LogP contribution in [0.1, 0.15) is 36.1 Å². The van der Waals surface area contributed by atoms with Crippen molar-refractivity contribution in [3.05, 3.63) is 34.9 Å². The highest BCUT2D eigenvalue weighted by molar-refractivity contribution is 8.00. The molecule has 100 valence electrons. The predicted octanol–water partition coefficient (Wildman–Crippen LogP) is 3.21. The molecule has 0 aliphatic carbocycles. The van der Waals surface area contributed by atoms with E-state index < -0.39 is 0 Å². The summed E-state index contributed by atoms with van der Waals surface area (Å²) >= 11 is 1.96. The van der Waals surface area contributed by atoms with E-state index >= 15 is 0 Å². The first-order valence-corrected chi connectivity index (χ1v) is 7.68. The summed E-state index contributed by atoms with van der Waals surface area (Å²) in [5, 5.41) is 0.612. The molecule has 2 nitrogen and oxygen atoms in total. The van der Waals surface area contributed by atoms with E-state index in [0.29, 0.717) is 11.4 Å². The second kappa shape index (κ2) is 6.09. The Bertz CT molecular complexity index is 407. The molecule has 1 aromatic rings. The van der Waals surface area contributed by atoms with Crippen molar-refractivity contribution in [1.29, 1.82) is 0 Å². The molecular formula is C15H23NOS. The van der Waals surface area contributed by atoms with Crippen molar-refractivity contribution in [1.82, 2.24) is 0 Å². The van der Waals surface area contributed by atoms with Crippen LogP contribution in [0.4, 0.5) is 0 Å². The minimum atomic E-state index is 0.127. The molecule has 3 heteroatoms. The van der Waals surface area contributed by atoms with Crippen molar-refractivity contribution >= 4 is 11.8 Å². The molecule has 1 aromatic carbocycles. The molecule has 1 fully saturated rings. The number of nitrogens with two attached hydrogens (primary N) is 1. The molecule has 0 spiro atoms. The molecule has 2 rings (SSSR count). The lowest BCUT2D eigenvalue weighted by Gasteiger charge is -2.19. The first-order valence-electron chi connectivity index (χ1n) is 6.64. The van der Waals surface area contributed by atoms with E-state index in [2.05, 4.69) is 39.0 Å². The third kappa shape index (κ3) is 3.28. The van der Waals surface area contributed by atoms with Crippen LogP contribution in [0.3, 0.4) is 0 Å². The highest BCUT2D eigenvalue weighted by Crippen LogP contribution is 2.29. The first kappa shape index (κ1) is 13.9. The van der Waals surface area contributed by atoms with Crippen LogP contribution < -0.4 is 5.73 Å². The Kier molecular flexibility index (Phi) is 4.71. The zero-order valence-electron chi connectivity index (χ0n) is 11.5. The number of ether oxygens (including phenoxy) is 1. The maximum absolute atomic E-state index is 6.33. The average Bonchev–Trinajstić information content (AvgIpc) is 2.75. The molecule has 0 bridgehead atoms. The van der Waals surface area contributed by atoms with Gasteiger partial charge in [-0.25, -0.2) is 0 Å². The minimum absolute atomic E-state index is 0.127. The molecule has 0 amide bonds. The number of aryl methyl sites for hydroxylation is 2. The van der Waals surface area contributed by atoms with Crippen LogP contribution in [0.5, 0.6) is 0 Å². The Morgan fingerprint density at radius 2 is 2.22 bits per heavy atom. The summed E-state index contributed by atoms with van der Waals surface area (Å²) in [5.74, 6) is 0.975. The van der Waals surface area contributed by atoms with E-state index in [4.69, 9.17) is 10.5 Å². The van der Waals surface area contributed by atoms with Crippen molar-refractivity contribution in [2.45, 2.75) is 44.6 Å². The number of thioether (sulfide) groups is 1. The summed E-state index contributed by atoms with van der Waals surface area (Å²) < 4.78 is 5.58. The number of hydrogen-bond acceptors (Lipinski definition) is 3. The summed E-state index contributed by atoms with van der Waals surface area (Å²) in [6.45, 7) is 7.32. The lowest BCUT2D eigenvalue weighted by atomic mass is 10.0. The van der Waals surface area contributed by atoms with Gasteiger partial charge >= 0.3 is 0 Å². The van der Waals surface area contributed by atoms with Gasteiger partial charge in [-0.2, -0.15) is 11.8 Å². The van der Waals surface area contributed by atoms with E-state index in [1.54, 1.807) is 0 Å². The molecule has 3 unspecified atom stereocenters. The fourth-order valence-corrected chi connectivity index (χ4v) is 3.65. The van der Waals surface area contributed by atoms with Gasteiger partial charge in [0, 0.05) is 23.7 Å². The topological polar surface area (TPSA) is 35.2 Å². The number of hydrogen-bond donors (Lipinski definition) is 1. The quantitative estimate of drug-likeness (QED) is 0.908. The lowest BCUT2D eigenvalue weighted by Crippen LogP contribution is -2.20. The monoisotopic (exact) mass is 265 g/mol. The molecule has 1 aliphatic rings. The summed E-state index contributed by atoms with van der Waals surface area (Å²) in [7, 11) is 0. The van der Waals surface area contributed by atoms with Gasteiger partial charge in [-0.1, -0.05) is 23.8 Å². The van der Waals surface area contributed by atoms with Gasteiger partial charge in [-0.05, 0) is 38.3 Å². The van der Waals surface area contributed by atoms with Crippen LogP contribution in [-0.4, -0.2) is 23.7 Å². The van der Waals surface area contributed by atoms with Crippen molar-refractivity contribution in [2.75, 3.05) is 12.4 Å². The molecule has 3 atom stereocenters. The summed E-state index contributed by atoms with van der Waals surface area (Å²) in [5.41, 5.74) is 10.2. The molecular weight excluding hydrogens is 242 g/mol. The Hall–Kier alpha value is -0.510. The van der Waals surface area contributed by atoms with Gasteiger partial charge in [0.2, 0.25) is 0 Å².